The minimum absolute atomic E-state index is 0.0808. The lowest BCUT2D eigenvalue weighted by molar-refractivity contribution is -0.122. The molecule has 2 atom stereocenters. The molecule has 0 spiro atoms. The average Bonchev–Trinajstić information content (AvgIpc) is 2.98. The summed E-state index contributed by atoms with van der Waals surface area (Å²) in [5.41, 5.74) is 8.97. The van der Waals surface area contributed by atoms with Crippen molar-refractivity contribution in [1.82, 2.24) is 10.6 Å². The van der Waals surface area contributed by atoms with Gasteiger partial charge in [-0.2, -0.15) is 0 Å². The first-order valence-corrected chi connectivity index (χ1v) is 9.25. The highest BCUT2D eigenvalue weighted by Crippen LogP contribution is 2.29. The number of fused-ring (bicyclic) bond motifs is 1. The van der Waals surface area contributed by atoms with E-state index in [2.05, 4.69) is 10.6 Å². The summed E-state index contributed by atoms with van der Waals surface area (Å²) in [6.07, 6.45) is 0.0808. The second-order valence-electron chi connectivity index (χ2n) is 7.00. The summed E-state index contributed by atoms with van der Waals surface area (Å²) in [4.78, 5) is 24.1. The number of carbonyl (C=O) groups is 2. The molecule has 0 saturated carbocycles. The van der Waals surface area contributed by atoms with Gasteiger partial charge >= 0.3 is 6.03 Å². The molecule has 4 N–H and O–H groups in total. The van der Waals surface area contributed by atoms with Crippen molar-refractivity contribution in [2.75, 3.05) is 0 Å². The van der Waals surface area contributed by atoms with Crippen LogP contribution in [0.25, 0.3) is 11.0 Å². The standard InChI is InChI=1S/C22H25N3O3/c1-13-8-4-5-9-16(13)18(25-22(23)27)12-20(26)24-15(3)21-14(2)17-10-6-7-11-19(17)28-21/h4-11,15,18H,12H2,1-3H3,(H,24,26)(H3,23,25,27). The van der Waals surface area contributed by atoms with Crippen molar-refractivity contribution >= 4 is 22.9 Å². The number of para-hydroxylation sites is 1. The quantitative estimate of drug-likeness (QED) is 0.603. The van der Waals surface area contributed by atoms with Crippen LogP contribution in [-0.4, -0.2) is 11.9 Å². The number of primary amides is 1. The van der Waals surface area contributed by atoms with E-state index < -0.39 is 12.1 Å². The molecule has 28 heavy (non-hydrogen) atoms. The fourth-order valence-corrected chi connectivity index (χ4v) is 3.55. The first-order chi connectivity index (χ1) is 13.4. The minimum atomic E-state index is -0.665. The number of nitrogens with one attached hydrogen (secondary N) is 2. The molecule has 0 aliphatic heterocycles. The highest BCUT2D eigenvalue weighted by Gasteiger charge is 2.22. The third kappa shape index (κ3) is 4.17. The van der Waals surface area contributed by atoms with Gasteiger partial charge in [-0.15, -0.1) is 0 Å². The van der Waals surface area contributed by atoms with Crippen LogP contribution in [0.2, 0.25) is 0 Å². The third-order valence-electron chi connectivity index (χ3n) is 4.92. The van der Waals surface area contributed by atoms with Gasteiger partial charge in [-0.25, -0.2) is 4.79 Å². The van der Waals surface area contributed by atoms with Gasteiger partial charge in [0, 0.05) is 10.9 Å². The Morgan fingerprint density at radius 3 is 2.39 bits per heavy atom. The number of hydrogen-bond acceptors (Lipinski definition) is 3. The fourth-order valence-electron chi connectivity index (χ4n) is 3.55. The number of nitrogens with two attached hydrogens (primary N) is 1. The van der Waals surface area contributed by atoms with Gasteiger partial charge < -0.3 is 20.8 Å². The molecule has 3 amide bonds. The van der Waals surface area contributed by atoms with Gasteiger partial charge in [-0.3, -0.25) is 4.79 Å². The Balaban J connectivity index is 1.75. The average molecular weight is 379 g/mol. The number of rotatable bonds is 6. The van der Waals surface area contributed by atoms with Crippen molar-refractivity contribution in [3.05, 3.63) is 71.0 Å². The topological polar surface area (TPSA) is 97.4 Å². The number of hydrogen-bond donors (Lipinski definition) is 3. The molecule has 146 valence electrons. The summed E-state index contributed by atoms with van der Waals surface area (Å²) in [5.74, 6) is 0.527. The van der Waals surface area contributed by atoms with E-state index in [9.17, 15) is 9.59 Å². The zero-order chi connectivity index (χ0) is 20.3. The predicted octanol–water partition coefficient (Wildman–Crippen LogP) is 4.03. The molecule has 3 rings (SSSR count). The van der Waals surface area contributed by atoms with E-state index in [4.69, 9.17) is 10.2 Å². The Morgan fingerprint density at radius 2 is 1.71 bits per heavy atom. The Morgan fingerprint density at radius 1 is 1.04 bits per heavy atom. The SMILES string of the molecule is Cc1ccccc1C(CC(=O)NC(C)c1oc2ccccc2c1C)NC(N)=O. The van der Waals surface area contributed by atoms with E-state index in [0.29, 0.717) is 0 Å². The van der Waals surface area contributed by atoms with Gasteiger partial charge in [0.15, 0.2) is 0 Å². The lowest BCUT2D eigenvalue weighted by Gasteiger charge is -2.21. The summed E-state index contributed by atoms with van der Waals surface area (Å²) >= 11 is 0. The monoisotopic (exact) mass is 379 g/mol. The van der Waals surface area contributed by atoms with E-state index >= 15 is 0 Å². The molecule has 2 aromatic carbocycles. The zero-order valence-electron chi connectivity index (χ0n) is 16.3. The van der Waals surface area contributed by atoms with Gasteiger partial charge in [0.1, 0.15) is 11.3 Å². The highest BCUT2D eigenvalue weighted by molar-refractivity contribution is 5.83. The molecule has 2 unspecified atom stereocenters. The summed E-state index contributed by atoms with van der Waals surface area (Å²) < 4.78 is 5.93. The maximum atomic E-state index is 12.7. The van der Waals surface area contributed by atoms with Crippen LogP contribution in [-0.2, 0) is 4.79 Å². The van der Waals surface area contributed by atoms with Crippen LogP contribution < -0.4 is 16.4 Å². The second-order valence-corrected chi connectivity index (χ2v) is 7.00. The first kappa shape index (κ1) is 19.5. The second kappa shape index (κ2) is 8.17. The first-order valence-electron chi connectivity index (χ1n) is 9.25. The highest BCUT2D eigenvalue weighted by atomic mass is 16.3. The normalized spacial score (nSPS) is 13.1. The Bertz CT molecular complexity index is 1010. The van der Waals surface area contributed by atoms with Gasteiger partial charge in [-0.05, 0) is 38.0 Å². The van der Waals surface area contributed by atoms with E-state index in [0.717, 1.165) is 33.4 Å². The molecule has 3 aromatic rings. The fraction of sp³-hybridized carbons (Fsp3) is 0.273. The maximum absolute atomic E-state index is 12.7. The Kier molecular flexibility index (Phi) is 5.68. The summed E-state index contributed by atoms with van der Waals surface area (Å²) in [7, 11) is 0. The molecular formula is C22H25N3O3. The van der Waals surface area contributed by atoms with Crippen molar-refractivity contribution in [3.8, 4) is 0 Å². The van der Waals surface area contributed by atoms with E-state index in [1.54, 1.807) is 0 Å². The molecule has 0 fully saturated rings. The summed E-state index contributed by atoms with van der Waals surface area (Å²) in [6.45, 7) is 5.80. The number of aryl methyl sites for hydroxylation is 2. The van der Waals surface area contributed by atoms with Crippen molar-refractivity contribution < 1.29 is 14.0 Å². The molecule has 1 aromatic heterocycles. The number of amides is 3. The molecule has 0 radical (unpaired) electrons. The van der Waals surface area contributed by atoms with Gasteiger partial charge in [0.2, 0.25) is 5.91 Å². The lowest BCUT2D eigenvalue weighted by atomic mass is 9.98. The molecule has 6 heteroatoms. The third-order valence-corrected chi connectivity index (χ3v) is 4.92. The van der Waals surface area contributed by atoms with Gasteiger partial charge in [0.25, 0.3) is 0 Å². The van der Waals surface area contributed by atoms with E-state index in [-0.39, 0.29) is 18.4 Å². The van der Waals surface area contributed by atoms with Crippen LogP contribution in [0, 0.1) is 13.8 Å². The van der Waals surface area contributed by atoms with Crippen LogP contribution in [0.4, 0.5) is 4.79 Å². The van der Waals surface area contributed by atoms with Crippen LogP contribution >= 0.6 is 0 Å². The molecule has 0 bridgehead atoms. The number of urea groups is 1. The molecule has 0 saturated heterocycles. The zero-order valence-corrected chi connectivity index (χ0v) is 16.3. The van der Waals surface area contributed by atoms with Crippen LogP contribution in [0.3, 0.4) is 0 Å². The Labute approximate surface area is 164 Å². The largest absolute Gasteiger partial charge is 0.459 e. The molecular weight excluding hydrogens is 354 g/mol. The smallest absolute Gasteiger partial charge is 0.312 e. The molecule has 0 aliphatic carbocycles. The van der Waals surface area contributed by atoms with E-state index in [1.165, 1.54) is 0 Å². The van der Waals surface area contributed by atoms with Crippen LogP contribution in [0.15, 0.2) is 52.9 Å². The number of furan rings is 1. The number of benzene rings is 2. The van der Waals surface area contributed by atoms with Crippen LogP contribution in [0.1, 0.15) is 47.9 Å². The van der Waals surface area contributed by atoms with Gasteiger partial charge in [-0.1, -0.05) is 42.5 Å². The minimum Gasteiger partial charge on any atom is -0.459 e. The van der Waals surface area contributed by atoms with Crippen molar-refractivity contribution in [3.63, 3.8) is 0 Å². The number of carbonyl (C=O) groups excluding carboxylic acids is 2. The molecule has 0 aliphatic rings. The summed E-state index contributed by atoms with van der Waals surface area (Å²) in [5, 5.41) is 6.67. The molecule has 6 nitrogen and oxygen atoms in total. The Hall–Kier alpha value is -3.28. The van der Waals surface area contributed by atoms with Crippen LogP contribution in [0.5, 0.6) is 0 Å². The molecule has 1 heterocycles. The predicted molar refractivity (Wildman–Crippen MR) is 109 cm³/mol. The van der Waals surface area contributed by atoms with Crippen molar-refractivity contribution in [2.45, 2.75) is 39.3 Å². The van der Waals surface area contributed by atoms with Crippen molar-refractivity contribution in [1.29, 1.82) is 0 Å². The maximum Gasteiger partial charge on any atom is 0.312 e. The summed E-state index contributed by atoms with van der Waals surface area (Å²) in [6, 6.07) is 13.9. The lowest BCUT2D eigenvalue weighted by Crippen LogP contribution is -2.37. The van der Waals surface area contributed by atoms with Gasteiger partial charge in [0.05, 0.1) is 18.5 Å². The van der Waals surface area contributed by atoms with E-state index in [1.807, 2.05) is 69.3 Å². The van der Waals surface area contributed by atoms with Crippen molar-refractivity contribution in [2.24, 2.45) is 5.73 Å².